The number of methoxy groups -OCH3 is 1. The number of phenols is 1. The average molecular weight is 422 g/mol. The molecule has 0 aliphatic carbocycles. The highest BCUT2D eigenvalue weighted by Gasteiger charge is 2.11. The summed E-state index contributed by atoms with van der Waals surface area (Å²) in [6, 6.07) is 16.3. The van der Waals surface area contributed by atoms with Crippen LogP contribution in [0.25, 0.3) is 0 Å². The van der Waals surface area contributed by atoms with Gasteiger partial charge in [0, 0.05) is 5.69 Å². The highest BCUT2D eigenvalue weighted by molar-refractivity contribution is 5.92. The molecule has 31 heavy (non-hydrogen) atoms. The Kier molecular flexibility index (Phi) is 8.50. The molecule has 3 rings (SSSR count). The van der Waals surface area contributed by atoms with Gasteiger partial charge >= 0.3 is 0 Å². The van der Waals surface area contributed by atoms with Crippen LogP contribution in [0, 0.1) is 20.8 Å². The molecule has 5 heteroatoms. The topological polar surface area (TPSA) is 67.8 Å². The highest BCUT2D eigenvalue weighted by Crippen LogP contribution is 2.32. The van der Waals surface area contributed by atoms with Gasteiger partial charge in [-0.1, -0.05) is 26.0 Å². The number of carbonyl (C=O) groups is 1. The third-order valence-corrected chi connectivity index (χ3v) is 4.65. The third kappa shape index (κ3) is 6.51. The Labute approximate surface area is 184 Å². The molecule has 0 fully saturated rings. The zero-order valence-corrected chi connectivity index (χ0v) is 19.1. The lowest BCUT2D eigenvalue weighted by Gasteiger charge is -2.15. The van der Waals surface area contributed by atoms with Gasteiger partial charge in [0.25, 0.3) is 0 Å². The molecule has 0 unspecified atom stereocenters. The van der Waals surface area contributed by atoms with E-state index in [0.717, 1.165) is 39.4 Å². The van der Waals surface area contributed by atoms with Crippen molar-refractivity contribution in [3.8, 4) is 23.0 Å². The van der Waals surface area contributed by atoms with E-state index in [2.05, 4.69) is 5.32 Å². The van der Waals surface area contributed by atoms with Gasteiger partial charge in [-0.25, -0.2) is 0 Å². The minimum absolute atomic E-state index is 0.0863. The first-order chi connectivity index (χ1) is 14.9. The quantitative estimate of drug-likeness (QED) is 0.488. The van der Waals surface area contributed by atoms with Crippen LogP contribution >= 0.6 is 0 Å². The van der Waals surface area contributed by atoms with E-state index in [1.807, 2.05) is 58.9 Å². The summed E-state index contributed by atoms with van der Waals surface area (Å²) in [7, 11) is 1.61. The number of aryl methyl sites for hydroxylation is 3. The fourth-order valence-electron chi connectivity index (χ4n) is 3.18. The molecule has 0 spiro atoms. The Bertz CT molecular complexity index is 1000. The van der Waals surface area contributed by atoms with Gasteiger partial charge in [-0.15, -0.1) is 0 Å². The summed E-state index contributed by atoms with van der Waals surface area (Å²) in [5, 5.41) is 12.6. The number of aromatic hydroxyl groups is 1. The Morgan fingerprint density at radius 3 is 2.00 bits per heavy atom. The molecule has 5 nitrogen and oxygen atoms in total. The molecule has 3 aromatic rings. The van der Waals surface area contributed by atoms with Gasteiger partial charge in [0.05, 0.1) is 13.5 Å². The maximum absolute atomic E-state index is 12.4. The molecular weight excluding hydrogens is 390 g/mol. The van der Waals surface area contributed by atoms with Crippen molar-refractivity contribution in [2.24, 2.45) is 0 Å². The number of anilines is 1. The lowest BCUT2D eigenvalue weighted by atomic mass is 10.0. The minimum atomic E-state index is -0.0863. The molecule has 0 bridgehead atoms. The zero-order chi connectivity index (χ0) is 23.0. The Morgan fingerprint density at radius 2 is 1.45 bits per heavy atom. The van der Waals surface area contributed by atoms with Gasteiger partial charge < -0.3 is 19.9 Å². The van der Waals surface area contributed by atoms with E-state index in [1.54, 1.807) is 37.4 Å². The molecule has 0 aliphatic heterocycles. The van der Waals surface area contributed by atoms with Crippen LogP contribution in [0.1, 0.15) is 36.1 Å². The predicted molar refractivity (Wildman–Crippen MR) is 126 cm³/mol. The molecule has 0 saturated carbocycles. The number of carbonyl (C=O) groups excluding carboxylic acids is 1. The van der Waals surface area contributed by atoms with Crippen molar-refractivity contribution in [3.63, 3.8) is 0 Å². The van der Waals surface area contributed by atoms with Crippen molar-refractivity contribution in [2.45, 2.75) is 41.0 Å². The standard InChI is InChI=1S/C24H25NO4.C2H6/c1-15-13-21(9-10-22(15)26)29-24-16(2)11-18(12-17(24)3)14-23(27)25-19-5-7-20(28-4)8-6-19;1-2/h5-13,26H,14H2,1-4H3,(H,25,27);1-2H3. The van der Waals surface area contributed by atoms with Crippen molar-refractivity contribution >= 4 is 11.6 Å². The molecule has 0 aromatic heterocycles. The van der Waals surface area contributed by atoms with E-state index < -0.39 is 0 Å². The van der Waals surface area contributed by atoms with E-state index in [0.29, 0.717) is 5.75 Å². The molecule has 2 N–H and O–H groups in total. The van der Waals surface area contributed by atoms with Crippen molar-refractivity contribution in [1.82, 2.24) is 0 Å². The second-order valence-electron chi connectivity index (χ2n) is 7.06. The van der Waals surface area contributed by atoms with Crippen LogP contribution in [-0.2, 0) is 11.2 Å². The molecule has 0 saturated heterocycles. The summed E-state index contributed by atoms with van der Waals surface area (Å²) in [4.78, 5) is 12.4. The SMILES string of the molecule is CC.COc1ccc(NC(=O)Cc2cc(C)c(Oc3ccc(O)c(C)c3)c(C)c2)cc1. The number of hydrogen-bond donors (Lipinski definition) is 2. The van der Waals surface area contributed by atoms with Gasteiger partial charge in [0.2, 0.25) is 5.91 Å². The van der Waals surface area contributed by atoms with Crippen LogP contribution in [0.5, 0.6) is 23.0 Å². The third-order valence-electron chi connectivity index (χ3n) is 4.65. The Morgan fingerprint density at radius 1 is 0.871 bits per heavy atom. The van der Waals surface area contributed by atoms with Gasteiger partial charge in [-0.2, -0.15) is 0 Å². The molecule has 0 radical (unpaired) electrons. The van der Waals surface area contributed by atoms with E-state index in [1.165, 1.54) is 0 Å². The largest absolute Gasteiger partial charge is 0.508 e. The van der Waals surface area contributed by atoms with Gasteiger partial charge in [-0.3, -0.25) is 4.79 Å². The summed E-state index contributed by atoms with van der Waals surface area (Å²) in [5.74, 6) is 2.32. The highest BCUT2D eigenvalue weighted by atomic mass is 16.5. The molecule has 0 heterocycles. The first-order valence-corrected chi connectivity index (χ1v) is 10.4. The summed E-state index contributed by atoms with van der Waals surface area (Å²) in [6.45, 7) is 9.74. The maximum atomic E-state index is 12.4. The molecule has 164 valence electrons. The zero-order valence-electron chi connectivity index (χ0n) is 19.1. The lowest BCUT2D eigenvalue weighted by Crippen LogP contribution is -2.14. The lowest BCUT2D eigenvalue weighted by molar-refractivity contribution is -0.115. The van der Waals surface area contributed by atoms with Crippen LogP contribution in [0.2, 0.25) is 0 Å². The first-order valence-electron chi connectivity index (χ1n) is 10.4. The van der Waals surface area contributed by atoms with E-state index >= 15 is 0 Å². The van der Waals surface area contributed by atoms with Gasteiger partial charge in [0.15, 0.2) is 0 Å². The molecule has 3 aromatic carbocycles. The van der Waals surface area contributed by atoms with E-state index in [9.17, 15) is 9.90 Å². The first kappa shape index (κ1) is 23.8. The monoisotopic (exact) mass is 421 g/mol. The van der Waals surface area contributed by atoms with Crippen LogP contribution in [0.15, 0.2) is 54.6 Å². The van der Waals surface area contributed by atoms with Crippen molar-refractivity contribution in [2.75, 3.05) is 12.4 Å². The number of benzene rings is 3. The number of phenolic OH excluding ortho intramolecular Hbond substituents is 1. The molecule has 1 amide bonds. The average Bonchev–Trinajstić information content (AvgIpc) is 2.75. The summed E-state index contributed by atoms with van der Waals surface area (Å²) >= 11 is 0. The van der Waals surface area contributed by atoms with Gasteiger partial charge in [0.1, 0.15) is 23.0 Å². The summed E-state index contributed by atoms with van der Waals surface area (Å²) in [6.07, 6.45) is 0.270. The van der Waals surface area contributed by atoms with Crippen molar-refractivity contribution < 1.29 is 19.4 Å². The van der Waals surface area contributed by atoms with E-state index in [4.69, 9.17) is 9.47 Å². The van der Waals surface area contributed by atoms with E-state index in [-0.39, 0.29) is 18.1 Å². The number of amides is 1. The Hall–Kier alpha value is -3.47. The Balaban J connectivity index is 0.00000166. The summed E-state index contributed by atoms with van der Waals surface area (Å²) < 4.78 is 11.2. The second kappa shape index (κ2) is 11.1. The van der Waals surface area contributed by atoms with Crippen LogP contribution in [0.4, 0.5) is 5.69 Å². The number of ether oxygens (including phenoxy) is 2. The second-order valence-corrected chi connectivity index (χ2v) is 7.06. The smallest absolute Gasteiger partial charge is 0.228 e. The summed E-state index contributed by atoms with van der Waals surface area (Å²) in [5.41, 5.74) is 4.29. The fraction of sp³-hybridized carbons (Fsp3) is 0.269. The predicted octanol–water partition coefficient (Wildman–Crippen LogP) is 6.33. The molecule has 0 atom stereocenters. The number of hydrogen-bond acceptors (Lipinski definition) is 4. The number of rotatable bonds is 6. The molecule has 0 aliphatic rings. The van der Waals surface area contributed by atoms with Crippen LogP contribution in [-0.4, -0.2) is 18.1 Å². The minimum Gasteiger partial charge on any atom is -0.508 e. The maximum Gasteiger partial charge on any atom is 0.228 e. The van der Waals surface area contributed by atoms with Crippen LogP contribution < -0.4 is 14.8 Å². The normalized spacial score (nSPS) is 10.0. The van der Waals surface area contributed by atoms with Crippen LogP contribution in [0.3, 0.4) is 0 Å². The fourth-order valence-corrected chi connectivity index (χ4v) is 3.18. The van der Waals surface area contributed by atoms with Gasteiger partial charge in [-0.05, 0) is 85.5 Å². The van der Waals surface area contributed by atoms with Crippen molar-refractivity contribution in [1.29, 1.82) is 0 Å². The van der Waals surface area contributed by atoms with Crippen molar-refractivity contribution in [3.05, 3.63) is 76.9 Å². The number of nitrogens with one attached hydrogen (secondary N) is 1. The molecular formula is C26H31NO4.